The van der Waals surface area contributed by atoms with Crippen LogP contribution in [0.3, 0.4) is 0 Å². The van der Waals surface area contributed by atoms with Crippen molar-refractivity contribution < 1.29 is 22.0 Å². The summed E-state index contributed by atoms with van der Waals surface area (Å²) in [5.41, 5.74) is 0.0957. The molecule has 0 aliphatic rings. The topological polar surface area (TPSA) is 17.8 Å². The minimum atomic E-state index is -4.26. The van der Waals surface area contributed by atoms with Gasteiger partial charge in [0.15, 0.2) is 5.82 Å². The lowest BCUT2D eigenvalue weighted by Crippen LogP contribution is -2.11. The molecule has 8 heteroatoms. The maximum absolute atomic E-state index is 13.7. The van der Waals surface area contributed by atoms with Crippen molar-refractivity contribution in [2.45, 2.75) is 32.0 Å². The van der Waals surface area contributed by atoms with Crippen LogP contribution in [0.2, 0.25) is 0 Å². The predicted molar refractivity (Wildman–Crippen MR) is 69.4 cm³/mol. The Bertz CT molecular complexity index is 636. The minimum Gasteiger partial charge on any atom is -0.328 e. The van der Waals surface area contributed by atoms with Gasteiger partial charge in [0.2, 0.25) is 0 Å². The van der Waals surface area contributed by atoms with E-state index in [2.05, 4.69) is 4.98 Å². The molecule has 0 fully saturated rings. The van der Waals surface area contributed by atoms with Crippen molar-refractivity contribution in [2.24, 2.45) is 0 Å². The first-order valence-corrected chi connectivity index (χ1v) is 6.82. The van der Waals surface area contributed by atoms with Crippen molar-refractivity contribution in [2.75, 3.05) is 5.88 Å². The lowest BCUT2D eigenvalue weighted by atomic mass is 10.2. The third-order valence-electron chi connectivity index (χ3n) is 3.01. The van der Waals surface area contributed by atoms with Gasteiger partial charge in [-0.05, 0) is 12.5 Å². The van der Waals surface area contributed by atoms with Gasteiger partial charge in [-0.1, -0.05) is 0 Å². The van der Waals surface area contributed by atoms with Crippen LogP contribution in [0.15, 0.2) is 12.1 Å². The molecule has 21 heavy (non-hydrogen) atoms. The van der Waals surface area contributed by atoms with Gasteiger partial charge >= 0.3 is 6.18 Å². The van der Waals surface area contributed by atoms with Crippen LogP contribution < -0.4 is 0 Å². The van der Waals surface area contributed by atoms with Gasteiger partial charge in [-0.3, -0.25) is 0 Å². The molecule has 0 bridgehead atoms. The van der Waals surface area contributed by atoms with Crippen LogP contribution in [0.4, 0.5) is 22.0 Å². The van der Waals surface area contributed by atoms with E-state index in [0.717, 1.165) is 6.07 Å². The Morgan fingerprint density at radius 2 is 1.90 bits per heavy atom. The largest absolute Gasteiger partial charge is 0.389 e. The fourth-order valence-corrected chi connectivity index (χ4v) is 2.33. The van der Waals surface area contributed by atoms with E-state index in [4.69, 9.17) is 11.6 Å². The Kier molecular flexibility index (Phi) is 4.70. The number of nitrogens with zero attached hydrogens (tertiary/aromatic N) is 2. The van der Waals surface area contributed by atoms with Crippen molar-refractivity contribution in [1.82, 2.24) is 9.55 Å². The van der Waals surface area contributed by atoms with Gasteiger partial charge in [-0.25, -0.2) is 13.8 Å². The van der Waals surface area contributed by atoms with Crippen LogP contribution in [-0.4, -0.2) is 21.6 Å². The molecule has 0 amide bonds. The summed E-state index contributed by atoms with van der Waals surface area (Å²) in [7, 11) is 0. The molecule has 2 rings (SSSR count). The first-order chi connectivity index (χ1) is 9.81. The fraction of sp³-hybridized carbons (Fsp3) is 0.462. The molecule has 0 aliphatic carbocycles. The molecule has 1 aromatic carbocycles. The number of hydrogen-bond donors (Lipinski definition) is 0. The molecule has 0 aliphatic heterocycles. The van der Waals surface area contributed by atoms with Gasteiger partial charge in [0.25, 0.3) is 0 Å². The average molecular weight is 327 g/mol. The van der Waals surface area contributed by atoms with Crippen molar-refractivity contribution in [3.8, 4) is 0 Å². The van der Waals surface area contributed by atoms with Crippen molar-refractivity contribution >= 4 is 22.6 Å². The van der Waals surface area contributed by atoms with E-state index in [1.807, 2.05) is 0 Å². The molecule has 0 atom stereocenters. The highest BCUT2D eigenvalue weighted by Gasteiger charge is 2.26. The second-order valence-electron chi connectivity index (χ2n) is 4.59. The number of rotatable bonds is 5. The standard InChI is InChI=1S/C13H12ClF5N2/c14-4-2-11-20-12-9(16)6-8(15)7-10(12)21(11)5-1-3-13(17,18)19/h6-7H,1-5H2. The Labute approximate surface area is 122 Å². The van der Waals surface area contributed by atoms with Crippen LogP contribution in [0.5, 0.6) is 0 Å². The van der Waals surface area contributed by atoms with E-state index >= 15 is 0 Å². The number of aromatic nitrogens is 2. The molecule has 0 saturated heterocycles. The molecule has 2 aromatic rings. The van der Waals surface area contributed by atoms with Crippen LogP contribution in [-0.2, 0) is 13.0 Å². The van der Waals surface area contributed by atoms with E-state index < -0.39 is 24.2 Å². The van der Waals surface area contributed by atoms with E-state index in [9.17, 15) is 22.0 Å². The number of halogens is 6. The quantitative estimate of drug-likeness (QED) is 0.587. The molecule has 0 unspecified atom stereocenters. The number of hydrogen-bond acceptors (Lipinski definition) is 1. The normalized spacial score (nSPS) is 12.3. The smallest absolute Gasteiger partial charge is 0.328 e. The minimum absolute atomic E-state index is 0.0227. The lowest BCUT2D eigenvalue weighted by molar-refractivity contribution is -0.135. The van der Waals surface area contributed by atoms with Crippen molar-refractivity contribution in [1.29, 1.82) is 0 Å². The molecule has 0 spiro atoms. The Morgan fingerprint density at radius 3 is 2.52 bits per heavy atom. The second kappa shape index (κ2) is 6.17. The van der Waals surface area contributed by atoms with Gasteiger partial charge in [-0.2, -0.15) is 13.2 Å². The average Bonchev–Trinajstić information content (AvgIpc) is 2.67. The Morgan fingerprint density at radius 1 is 1.19 bits per heavy atom. The van der Waals surface area contributed by atoms with E-state index in [0.29, 0.717) is 11.9 Å². The summed E-state index contributed by atoms with van der Waals surface area (Å²) in [4.78, 5) is 4.01. The summed E-state index contributed by atoms with van der Waals surface area (Å²) < 4.78 is 65.0. The Hall–Kier alpha value is -1.37. The third-order valence-corrected chi connectivity index (χ3v) is 3.20. The monoisotopic (exact) mass is 326 g/mol. The zero-order chi connectivity index (χ0) is 15.6. The maximum Gasteiger partial charge on any atom is 0.389 e. The highest BCUT2D eigenvalue weighted by molar-refractivity contribution is 6.17. The first kappa shape index (κ1) is 16.0. The van der Waals surface area contributed by atoms with Crippen LogP contribution in [0.1, 0.15) is 18.7 Å². The van der Waals surface area contributed by atoms with Crippen LogP contribution in [0.25, 0.3) is 11.0 Å². The van der Waals surface area contributed by atoms with E-state index in [1.165, 1.54) is 4.57 Å². The number of imidazole rings is 1. The van der Waals surface area contributed by atoms with Gasteiger partial charge in [-0.15, -0.1) is 11.6 Å². The SMILES string of the molecule is Fc1cc(F)c2nc(CCCl)n(CCCC(F)(F)F)c2c1. The number of aryl methyl sites for hydroxylation is 2. The van der Waals surface area contributed by atoms with Gasteiger partial charge in [0.05, 0.1) is 5.52 Å². The number of benzene rings is 1. The van der Waals surface area contributed by atoms with E-state index in [1.54, 1.807) is 0 Å². The van der Waals surface area contributed by atoms with Crippen LogP contribution in [0, 0.1) is 11.6 Å². The molecule has 116 valence electrons. The molecular weight excluding hydrogens is 315 g/mol. The fourth-order valence-electron chi connectivity index (χ4n) is 2.16. The summed E-state index contributed by atoms with van der Waals surface area (Å²) in [6.07, 6.45) is -5.16. The number of alkyl halides is 4. The van der Waals surface area contributed by atoms with Crippen molar-refractivity contribution in [3.63, 3.8) is 0 Å². The Balaban J connectivity index is 2.36. The first-order valence-electron chi connectivity index (χ1n) is 6.28. The second-order valence-corrected chi connectivity index (χ2v) is 4.97. The van der Waals surface area contributed by atoms with Gasteiger partial charge in [0, 0.05) is 31.3 Å². The number of fused-ring (bicyclic) bond motifs is 1. The van der Waals surface area contributed by atoms with Crippen molar-refractivity contribution in [3.05, 3.63) is 29.6 Å². The molecule has 0 saturated carbocycles. The molecular formula is C13H12ClF5N2. The molecule has 0 N–H and O–H groups in total. The summed E-state index contributed by atoms with van der Waals surface area (Å²) in [6.45, 7) is -0.0227. The maximum atomic E-state index is 13.7. The molecule has 0 radical (unpaired) electrons. The summed E-state index contributed by atoms with van der Waals surface area (Å²) in [6, 6.07) is 1.76. The summed E-state index contributed by atoms with van der Waals surface area (Å²) in [5.74, 6) is -1.09. The zero-order valence-corrected chi connectivity index (χ0v) is 11.6. The summed E-state index contributed by atoms with van der Waals surface area (Å²) >= 11 is 5.61. The van der Waals surface area contributed by atoms with Crippen LogP contribution >= 0.6 is 11.6 Å². The highest BCUT2D eigenvalue weighted by Crippen LogP contribution is 2.25. The molecule has 1 heterocycles. The third kappa shape index (κ3) is 3.84. The van der Waals surface area contributed by atoms with Gasteiger partial charge in [0.1, 0.15) is 17.2 Å². The molecule has 1 aromatic heterocycles. The zero-order valence-electron chi connectivity index (χ0n) is 10.9. The van der Waals surface area contributed by atoms with Gasteiger partial charge < -0.3 is 4.57 Å². The highest BCUT2D eigenvalue weighted by atomic mass is 35.5. The van der Waals surface area contributed by atoms with E-state index in [-0.39, 0.29) is 36.3 Å². The molecule has 2 nitrogen and oxygen atoms in total. The lowest BCUT2D eigenvalue weighted by Gasteiger charge is -2.10. The predicted octanol–water partition coefficient (Wildman–Crippen LogP) is 4.44. The summed E-state index contributed by atoms with van der Waals surface area (Å²) in [5, 5.41) is 0.